The van der Waals surface area contributed by atoms with E-state index in [4.69, 9.17) is 13.9 Å². The van der Waals surface area contributed by atoms with Crippen molar-refractivity contribution in [2.45, 2.75) is 46.6 Å². The Morgan fingerprint density at radius 2 is 1.93 bits per heavy atom. The minimum Gasteiger partial charge on any atom is -0.462 e. The number of esters is 2. The number of fused-ring (bicyclic) bond motifs is 1. The summed E-state index contributed by atoms with van der Waals surface area (Å²) >= 11 is 0. The van der Waals surface area contributed by atoms with Crippen molar-refractivity contribution in [2.75, 3.05) is 6.61 Å². The van der Waals surface area contributed by atoms with Gasteiger partial charge in [0.25, 0.3) is 0 Å². The van der Waals surface area contributed by atoms with Gasteiger partial charge < -0.3 is 18.9 Å². The number of oxazole rings is 1. The van der Waals surface area contributed by atoms with Gasteiger partial charge in [-0.3, -0.25) is 9.59 Å². The van der Waals surface area contributed by atoms with Crippen LogP contribution in [0, 0.1) is 13.8 Å². The number of ether oxygens (including phenoxy) is 2. The molecule has 8 heteroatoms. The van der Waals surface area contributed by atoms with Crippen LogP contribution in [0.25, 0.3) is 11.1 Å². The zero-order valence-corrected chi connectivity index (χ0v) is 17.4. The molecule has 0 fully saturated rings. The minimum atomic E-state index is -1.01. The third kappa shape index (κ3) is 4.42. The second kappa shape index (κ2) is 8.94. The van der Waals surface area contributed by atoms with Crippen LogP contribution in [0.5, 0.6) is 0 Å². The number of ketones is 1. The molecule has 0 bridgehead atoms. The molecular weight excluding hydrogens is 388 g/mol. The molecule has 3 rings (SSSR count). The van der Waals surface area contributed by atoms with Crippen molar-refractivity contribution in [1.29, 1.82) is 0 Å². The Kier molecular flexibility index (Phi) is 6.34. The van der Waals surface area contributed by atoms with Gasteiger partial charge in [0.15, 0.2) is 17.6 Å². The highest BCUT2D eigenvalue weighted by Crippen LogP contribution is 2.21. The summed E-state index contributed by atoms with van der Waals surface area (Å²) in [5.74, 6) is -1.01. The van der Waals surface area contributed by atoms with Crippen molar-refractivity contribution in [3.63, 3.8) is 0 Å². The fourth-order valence-electron chi connectivity index (χ4n) is 3.25. The van der Waals surface area contributed by atoms with Crippen LogP contribution in [0.2, 0.25) is 0 Å². The lowest BCUT2D eigenvalue weighted by Gasteiger charge is -2.12. The first-order chi connectivity index (χ1) is 14.3. The molecule has 1 atom stereocenters. The number of aryl methyl sites for hydroxylation is 2. The van der Waals surface area contributed by atoms with E-state index in [1.54, 1.807) is 26.8 Å². The van der Waals surface area contributed by atoms with Crippen LogP contribution >= 0.6 is 0 Å². The van der Waals surface area contributed by atoms with Crippen LogP contribution in [-0.2, 0) is 20.7 Å². The molecule has 0 radical (unpaired) electrons. The second-order valence-corrected chi connectivity index (χ2v) is 6.92. The van der Waals surface area contributed by atoms with E-state index in [0.29, 0.717) is 28.3 Å². The summed E-state index contributed by atoms with van der Waals surface area (Å²) in [6.45, 7) is 6.79. The molecule has 1 aromatic carbocycles. The molecule has 0 aliphatic heterocycles. The van der Waals surface area contributed by atoms with Gasteiger partial charge >= 0.3 is 11.9 Å². The molecular formula is C22H24N2O6. The normalized spacial score (nSPS) is 12.0. The SMILES string of the molecule is CCOC(=O)c1c(C)[nH]c(C(=O)[C@@H](C)OC(=O)CCc2nc3ccccc3o2)c1C. The van der Waals surface area contributed by atoms with Gasteiger partial charge in [-0.1, -0.05) is 12.1 Å². The van der Waals surface area contributed by atoms with E-state index in [0.717, 1.165) is 5.52 Å². The number of aromatic nitrogens is 2. The maximum absolute atomic E-state index is 12.7. The average molecular weight is 412 g/mol. The van der Waals surface area contributed by atoms with Crippen molar-refractivity contribution >= 4 is 28.8 Å². The molecule has 0 aliphatic carbocycles. The molecule has 2 heterocycles. The van der Waals surface area contributed by atoms with E-state index >= 15 is 0 Å². The average Bonchev–Trinajstić information content (AvgIpc) is 3.25. The molecule has 1 N–H and O–H groups in total. The van der Waals surface area contributed by atoms with Crippen LogP contribution in [0.4, 0.5) is 0 Å². The smallest absolute Gasteiger partial charge is 0.340 e. The number of nitrogens with one attached hydrogen (secondary N) is 1. The van der Waals surface area contributed by atoms with Crippen molar-refractivity contribution in [2.24, 2.45) is 0 Å². The Hall–Kier alpha value is -3.42. The summed E-state index contributed by atoms with van der Waals surface area (Å²) in [6, 6.07) is 7.33. The molecule has 0 saturated heterocycles. The van der Waals surface area contributed by atoms with E-state index in [9.17, 15) is 14.4 Å². The zero-order valence-electron chi connectivity index (χ0n) is 17.4. The monoisotopic (exact) mass is 412 g/mol. The molecule has 0 saturated carbocycles. The van der Waals surface area contributed by atoms with E-state index in [-0.39, 0.29) is 25.1 Å². The summed E-state index contributed by atoms with van der Waals surface area (Å²) in [5, 5.41) is 0. The fraction of sp³-hybridized carbons (Fsp3) is 0.364. The number of H-pyrrole nitrogens is 1. The van der Waals surface area contributed by atoms with Gasteiger partial charge in [-0.2, -0.15) is 0 Å². The number of rotatable bonds is 8. The van der Waals surface area contributed by atoms with Crippen molar-refractivity contribution < 1.29 is 28.3 Å². The van der Waals surface area contributed by atoms with E-state index < -0.39 is 23.8 Å². The second-order valence-electron chi connectivity index (χ2n) is 6.92. The standard InChI is InChI=1S/C22H24N2O6/c1-5-28-22(27)19-12(2)20(23-13(19)3)21(26)14(4)29-18(25)11-10-17-24-15-8-6-7-9-16(15)30-17/h6-9,14,23H,5,10-11H2,1-4H3/t14-/m1/s1. The van der Waals surface area contributed by atoms with Crippen LogP contribution in [0.3, 0.4) is 0 Å². The first-order valence-corrected chi connectivity index (χ1v) is 9.76. The van der Waals surface area contributed by atoms with Crippen LogP contribution in [0.15, 0.2) is 28.7 Å². The molecule has 0 amide bonds. The quantitative estimate of drug-likeness (QED) is 0.443. The molecule has 0 aliphatic rings. The first kappa shape index (κ1) is 21.3. The summed E-state index contributed by atoms with van der Waals surface area (Å²) < 4.78 is 15.9. The number of aromatic amines is 1. The van der Waals surface area contributed by atoms with Crippen molar-refractivity contribution in [1.82, 2.24) is 9.97 Å². The van der Waals surface area contributed by atoms with Gasteiger partial charge in [0.05, 0.1) is 24.3 Å². The zero-order chi connectivity index (χ0) is 21.8. The number of benzene rings is 1. The summed E-state index contributed by atoms with van der Waals surface area (Å²) in [7, 11) is 0. The summed E-state index contributed by atoms with van der Waals surface area (Å²) in [6.07, 6.45) is -0.712. The minimum absolute atomic E-state index is 0.0290. The van der Waals surface area contributed by atoms with Gasteiger partial charge in [0.2, 0.25) is 5.78 Å². The Morgan fingerprint density at radius 3 is 2.63 bits per heavy atom. The highest BCUT2D eigenvalue weighted by atomic mass is 16.5. The van der Waals surface area contributed by atoms with E-state index in [1.807, 2.05) is 18.2 Å². The van der Waals surface area contributed by atoms with Gasteiger partial charge in [-0.15, -0.1) is 0 Å². The molecule has 30 heavy (non-hydrogen) atoms. The fourth-order valence-corrected chi connectivity index (χ4v) is 3.25. The third-order valence-electron chi connectivity index (χ3n) is 4.72. The highest BCUT2D eigenvalue weighted by Gasteiger charge is 2.27. The Labute approximate surface area is 173 Å². The van der Waals surface area contributed by atoms with Crippen LogP contribution in [-0.4, -0.2) is 40.4 Å². The lowest BCUT2D eigenvalue weighted by Crippen LogP contribution is -2.25. The highest BCUT2D eigenvalue weighted by molar-refractivity contribution is 6.04. The van der Waals surface area contributed by atoms with Gasteiger partial charge in [-0.25, -0.2) is 9.78 Å². The van der Waals surface area contributed by atoms with Crippen LogP contribution in [0.1, 0.15) is 58.3 Å². The Bertz CT molecular complexity index is 1060. The molecule has 158 valence electrons. The Balaban J connectivity index is 1.61. The predicted octanol–water partition coefficient (Wildman–Crippen LogP) is 3.70. The number of para-hydroxylation sites is 2. The lowest BCUT2D eigenvalue weighted by atomic mass is 10.1. The number of carbonyl (C=O) groups is 3. The summed E-state index contributed by atoms with van der Waals surface area (Å²) in [5.41, 5.74) is 2.94. The summed E-state index contributed by atoms with van der Waals surface area (Å²) in [4.78, 5) is 44.3. The molecule has 3 aromatic rings. The Morgan fingerprint density at radius 1 is 1.20 bits per heavy atom. The van der Waals surface area contributed by atoms with Gasteiger partial charge in [-0.05, 0) is 45.4 Å². The molecule has 0 unspecified atom stereocenters. The van der Waals surface area contributed by atoms with Gasteiger partial charge in [0.1, 0.15) is 5.52 Å². The van der Waals surface area contributed by atoms with E-state index in [1.165, 1.54) is 6.92 Å². The third-order valence-corrected chi connectivity index (χ3v) is 4.72. The van der Waals surface area contributed by atoms with Crippen molar-refractivity contribution in [3.8, 4) is 0 Å². The maximum Gasteiger partial charge on any atom is 0.340 e. The number of carbonyl (C=O) groups excluding carboxylic acids is 3. The molecule has 8 nitrogen and oxygen atoms in total. The molecule has 2 aromatic heterocycles. The van der Waals surface area contributed by atoms with Crippen LogP contribution < -0.4 is 0 Å². The predicted molar refractivity (Wildman–Crippen MR) is 108 cm³/mol. The van der Waals surface area contributed by atoms with Gasteiger partial charge in [0, 0.05) is 12.1 Å². The topological polar surface area (TPSA) is 111 Å². The largest absolute Gasteiger partial charge is 0.462 e. The van der Waals surface area contributed by atoms with E-state index in [2.05, 4.69) is 9.97 Å². The number of Topliss-reactive ketones (excluding diaryl/α,β-unsaturated/α-hetero) is 1. The molecule has 0 spiro atoms. The number of hydrogen-bond acceptors (Lipinski definition) is 7. The first-order valence-electron chi connectivity index (χ1n) is 9.76. The lowest BCUT2D eigenvalue weighted by molar-refractivity contribution is -0.146. The maximum atomic E-state index is 12.7. The van der Waals surface area contributed by atoms with Crippen molar-refractivity contribution in [3.05, 3.63) is 52.7 Å². The number of nitrogens with zero attached hydrogens (tertiary/aromatic N) is 1. The number of hydrogen-bond donors (Lipinski definition) is 1.